The monoisotopic (exact) mass is 460 g/mol. The number of aromatic nitrogens is 2. The lowest BCUT2D eigenvalue weighted by molar-refractivity contribution is -0.384. The highest BCUT2D eigenvalue weighted by atomic mass is 16.6. The van der Waals surface area contributed by atoms with Crippen molar-refractivity contribution in [2.75, 3.05) is 12.4 Å². The van der Waals surface area contributed by atoms with Gasteiger partial charge in [-0.15, -0.1) is 0 Å². The molecule has 1 heterocycles. The van der Waals surface area contributed by atoms with Crippen molar-refractivity contribution in [3.63, 3.8) is 0 Å². The van der Waals surface area contributed by atoms with Crippen molar-refractivity contribution >= 4 is 17.3 Å². The molecule has 34 heavy (non-hydrogen) atoms. The molecule has 0 fully saturated rings. The molecule has 4 aromatic rings. The van der Waals surface area contributed by atoms with Crippen LogP contribution in [-0.2, 0) is 6.73 Å². The molecule has 4 rings (SSSR count). The number of para-hydroxylation sites is 3. The van der Waals surface area contributed by atoms with Gasteiger partial charge in [0.2, 0.25) is 0 Å². The Morgan fingerprint density at radius 3 is 2.47 bits per heavy atom. The van der Waals surface area contributed by atoms with Crippen LogP contribution in [-0.4, -0.2) is 27.7 Å². The van der Waals surface area contributed by atoms with Crippen LogP contribution in [0.25, 0.3) is 0 Å². The summed E-state index contributed by atoms with van der Waals surface area (Å²) < 4.78 is 18.1. The summed E-state index contributed by atoms with van der Waals surface area (Å²) in [5.41, 5.74) is 0.0547. The van der Waals surface area contributed by atoms with Crippen LogP contribution in [0.1, 0.15) is 10.5 Å². The van der Waals surface area contributed by atoms with E-state index < -0.39 is 10.8 Å². The Labute approximate surface area is 194 Å². The number of benzene rings is 3. The van der Waals surface area contributed by atoms with E-state index >= 15 is 0 Å². The first-order valence-electron chi connectivity index (χ1n) is 10.1. The Kier molecular flexibility index (Phi) is 6.68. The molecule has 0 spiro atoms. The summed E-state index contributed by atoms with van der Waals surface area (Å²) in [4.78, 5) is 23.5. The number of non-ortho nitro benzene ring substituents is 1. The molecular formula is C24H20N4O6. The number of carbonyl (C=O) groups excluding carboxylic acids is 1. The van der Waals surface area contributed by atoms with Gasteiger partial charge in [-0.25, -0.2) is 4.68 Å². The highest BCUT2D eigenvalue weighted by Gasteiger charge is 2.16. The minimum atomic E-state index is -0.569. The summed E-state index contributed by atoms with van der Waals surface area (Å²) >= 11 is 0. The van der Waals surface area contributed by atoms with Crippen LogP contribution in [0.4, 0.5) is 11.4 Å². The van der Waals surface area contributed by atoms with Gasteiger partial charge in [-0.05, 0) is 30.3 Å². The van der Waals surface area contributed by atoms with Crippen molar-refractivity contribution in [1.29, 1.82) is 0 Å². The minimum absolute atomic E-state index is 0.116. The van der Waals surface area contributed by atoms with Gasteiger partial charge >= 0.3 is 0 Å². The predicted molar refractivity (Wildman–Crippen MR) is 123 cm³/mol. The molecule has 3 aromatic carbocycles. The van der Waals surface area contributed by atoms with Crippen molar-refractivity contribution < 1.29 is 23.9 Å². The van der Waals surface area contributed by atoms with Crippen LogP contribution in [0.3, 0.4) is 0 Å². The second-order valence-corrected chi connectivity index (χ2v) is 7.01. The van der Waals surface area contributed by atoms with Crippen LogP contribution in [0, 0.1) is 10.1 Å². The van der Waals surface area contributed by atoms with Crippen molar-refractivity contribution in [1.82, 2.24) is 9.78 Å². The maximum Gasteiger partial charge on any atom is 0.276 e. The van der Waals surface area contributed by atoms with E-state index in [1.54, 1.807) is 30.5 Å². The minimum Gasteiger partial charge on any atom is -0.493 e. The average Bonchev–Trinajstić information content (AvgIpc) is 3.33. The molecule has 10 nitrogen and oxygen atoms in total. The molecule has 0 aliphatic rings. The number of amides is 1. The van der Waals surface area contributed by atoms with E-state index in [1.165, 1.54) is 36.1 Å². The van der Waals surface area contributed by atoms with Crippen LogP contribution < -0.4 is 19.5 Å². The van der Waals surface area contributed by atoms with Gasteiger partial charge in [0.1, 0.15) is 11.5 Å². The molecule has 0 saturated heterocycles. The van der Waals surface area contributed by atoms with Crippen LogP contribution in [0.15, 0.2) is 85.1 Å². The molecule has 1 amide bonds. The zero-order valence-electron chi connectivity index (χ0n) is 18.1. The predicted octanol–water partition coefficient (Wildman–Crippen LogP) is 4.88. The number of nitro benzene ring substituents is 1. The fraction of sp³-hybridized carbons (Fsp3) is 0.0833. The molecule has 0 unspecified atom stereocenters. The fourth-order valence-corrected chi connectivity index (χ4v) is 3.06. The maximum atomic E-state index is 12.7. The molecule has 0 saturated carbocycles. The summed E-state index contributed by atoms with van der Waals surface area (Å²) in [6.07, 6.45) is 1.60. The fourth-order valence-electron chi connectivity index (χ4n) is 3.06. The molecule has 1 N–H and O–H groups in total. The first-order chi connectivity index (χ1) is 16.5. The first-order valence-corrected chi connectivity index (χ1v) is 10.1. The largest absolute Gasteiger partial charge is 0.493 e. The Hall–Kier alpha value is -4.86. The molecule has 0 aliphatic heterocycles. The third kappa shape index (κ3) is 5.49. The summed E-state index contributed by atoms with van der Waals surface area (Å²) in [5.74, 6) is 1.13. The van der Waals surface area contributed by atoms with Crippen molar-refractivity contribution in [3.8, 4) is 23.0 Å². The third-order valence-corrected chi connectivity index (χ3v) is 4.64. The highest BCUT2D eigenvalue weighted by molar-refractivity contribution is 6.03. The zero-order valence-corrected chi connectivity index (χ0v) is 18.1. The van der Waals surface area contributed by atoms with E-state index in [0.717, 1.165) is 0 Å². The molecule has 172 valence electrons. The second-order valence-electron chi connectivity index (χ2n) is 7.01. The quantitative estimate of drug-likeness (QED) is 0.279. The number of hydrogen-bond acceptors (Lipinski definition) is 7. The number of nitrogens with one attached hydrogen (secondary N) is 1. The summed E-state index contributed by atoms with van der Waals surface area (Å²) in [7, 11) is 1.49. The highest BCUT2D eigenvalue weighted by Crippen LogP contribution is 2.34. The smallest absolute Gasteiger partial charge is 0.276 e. The average molecular weight is 460 g/mol. The number of methoxy groups -OCH3 is 1. The Balaban J connectivity index is 1.49. The maximum absolute atomic E-state index is 12.7. The Bertz CT molecular complexity index is 1310. The van der Waals surface area contributed by atoms with Gasteiger partial charge in [0.15, 0.2) is 23.9 Å². The van der Waals surface area contributed by atoms with E-state index in [9.17, 15) is 14.9 Å². The van der Waals surface area contributed by atoms with Crippen LogP contribution in [0.2, 0.25) is 0 Å². The van der Waals surface area contributed by atoms with E-state index in [4.69, 9.17) is 14.2 Å². The van der Waals surface area contributed by atoms with Gasteiger partial charge in [-0.3, -0.25) is 14.9 Å². The molecule has 1 aromatic heterocycles. The number of rotatable bonds is 9. The summed E-state index contributed by atoms with van der Waals surface area (Å²) in [5, 5.41) is 18.2. The van der Waals surface area contributed by atoms with Crippen molar-refractivity contribution in [2.45, 2.75) is 6.73 Å². The summed E-state index contributed by atoms with van der Waals surface area (Å²) in [6, 6.07) is 21.6. The van der Waals surface area contributed by atoms with Gasteiger partial charge in [0.05, 0.1) is 23.8 Å². The second kappa shape index (κ2) is 10.2. The molecule has 10 heteroatoms. The van der Waals surface area contributed by atoms with Gasteiger partial charge in [-0.2, -0.15) is 5.10 Å². The number of anilines is 1. The first kappa shape index (κ1) is 22.3. The van der Waals surface area contributed by atoms with Crippen molar-refractivity contribution in [2.24, 2.45) is 0 Å². The van der Waals surface area contributed by atoms with Crippen LogP contribution in [0.5, 0.6) is 23.0 Å². The lowest BCUT2D eigenvalue weighted by Gasteiger charge is -2.11. The Morgan fingerprint density at radius 1 is 1.00 bits per heavy atom. The number of nitrogens with zero attached hydrogens (tertiary/aromatic N) is 3. The van der Waals surface area contributed by atoms with Gasteiger partial charge in [-0.1, -0.05) is 30.3 Å². The molecule has 0 bridgehead atoms. The molecule has 0 radical (unpaired) electrons. The van der Waals surface area contributed by atoms with Crippen LogP contribution >= 0.6 is 0 Å². The molecule has 0 atom stereocenters. The van der Waals surface area contributed by atoms with Gasteiger partial charge in [0, 0.05) is 18.3 Å². The number of hydrogen-bond donors (Lipinski definition) is 1. The van der Waals surface area contributed by atoms with E-state index in [0.29, 0.717) is 17.2 Å². The number of nitro groups is 1. The molecule has 0 aliphatic carbocycles. The normalized spacial score (nSPS) is 10.4. The van der Waals surface area contributed by atoms with Gasteiger partial charge in [0.25, 0.3) is 11.6 Å². The third-order valence-electron chi connectivity index (χ3n) is 4.64. The lowest BCUT2D eigenvalue weighted by Crippen LogP contribution is -2.14. The van der Waals surface area contributed by atoms with Crippen molar-refractivity contribution in [3.05, 3.63) is 101 Å². The van der Waals surface area contributed by atoms with E-state index in [1.807, 2.05) is 30.3 Å². The van der Waals surface area contributed by atoms with E-state index in [-0.39, 0.29) is 29.5 Å². The topological polar surface area (TPSA) is 118 Å². The SMILES string of the molecule is COc1ccccc1Oc1cc(NC(=O)c2ccn(COc3ccccc3)n2)cc([N+](=O)[O-])c1. The van der Waals surface area contributed by atoms with E-state index in [2.05, 4.69) is 10.4 Å². The molecular weight excluding hydrogens is 440 g/mol. The Morgan fingerprint density at radius 2 is 1.74 bits per heavy atom. The summed E-state index contributed by atoms with van der Waals surface area (Å²) in [6.45, 7) is 0.116. The number of carbonyl (C=O) groups is 1. The standard InChI is InChI=1S/C24H20N4O6/c1-32-22-9-5-6-10-23(22)34-20-14-17(13-18(15-20)28(30)31)25-24(29)21-11-12-27(26-21)16-33-19-7-3-2-4-8-19/h2-15H,16H2,1H3,(H,25,29). The zero-order chi connectivity index (χ0) is 23.9. The van der Waals surface area contributed by atoms with Gasteiger partial charge < -0.3 is 19.5 Å². The lowest BCUT2D eigenvalue weighted by atomic mass is 10.2. The number of ether oxygens (including phenoxy) is 3.